The standard InChI is InChI=1S/C25H22ClNO5/c26-18-8-5-9-19(13-18)31-15-23(24(28)29)27-25(30)32-14-22-20-10-3-1-6-16(20)12-17-7-2-4-11-21(17)22/h1-11,13,22-23H,12,14-15H2,(H,27,30)(H,28,29)/t23-/m0/s1. The zero-order valence-electron chi connectivity index (χ0n) is 17.2. The minimum atomic E-state index is -1.27. The number of amides is 1. The summed E-state index contributed by atoms with van der Waals surface area (Å²) in [6, 6.07) is 21.5. The van der Waals surface area contributed by atoms with Crippen LogP contribution in [0.15, 0.2) is 72.8 Å². The molecule has 3 aromatic carbocycles. The summed E-state index contributed by atoms with van der Waals surface area (Å²) in [6.45, 7) is -0.165. The molecule has 0 bridgehead atoms. The molecule has 4 rings (SSSR count). The molecule has 32 heavy (non-hydrogen) atoms. The van der Waals surface area contributed by atoms with E-state index in [4.69, 9.17) is 21.1 Å². The summed E-state index contributed by atoms with van der Waals surface area (Å²) < 4.78 is 10.9. The van der Waals surface area contributed by atoms with Crippen LogP contribution in [0.5, 0.6) is 5.75 Å². The van der Waals surface area contributed by atoms with Gasteiger partial charge in [0.25, 0.3) is 0 Å². The minimum absolute atomic E-state index is 0.0986. The Morgan fingerprint density at radius 3 is 2.28 bits per heavy atom. The fourth-order valence-electron chi connectivity index (χ4n) is 3.88. The molecule has 1 aliphatic rings. The van der Waals surface area contributed by atoms with Gasteiger partial charge in [0.1, 0.15) is 19.0 Å². The van der Waals surface area contributed by atoms with Crippen LogP contribution >= 0.6 is 11.6 Å². The van der Waals surface area contributed by atoms with E-state index in [1.165, 1.54) is 11.1 Å². The van der Waals surface area contributed by atoms with Gasteiger partial charge in [-0.3, -0.25) is 0 Å². The second-order valence-corrected chi connectivity index (χ2v) is 7.97. The lowest BCUT2D eigenvalue weighted by Gasteiger charge is -2.28. The van der Waals surface area contributed by atoms with Gasteiger partial charge >= 0.3 is 12.1 Å². The van der Waals surface area contributed by atoms with Crippen molar-refractivity contribution in [3.8, 4) is 5.75 Å². The van der Waals surface area contributed by atoms with Gasteiger partial charge in [-0.15, -0.1) is 0 Å². The minimum Gasteiger partial charge on any atom is -0.491 e. The summed E-state index contributed by atoms with van der Waals surface area (Å²) in [4.78, 5) is 24.0. The number of aliphatic carboxylic acids is 1. The lowest BCUT2D eigenvalue weighted by molar-refractivity contribution is -0.140. The lowest BCUT2D eigenvalue weighted by atomic mass is 9.78. The van der Waals surface area contributed by atoms with E-state index in [0.29, 0.717) is 10.8 Å². The van der Waals surface area contributed by atoms with Gasteiger partial charge in [-0.2, -0.15) is 0 Å². The van der Waals surface area contributed by atoms with Crippen molar-refractivity contribution in [1.29, 1.82) is 0 Å². The van der Waals surface area contributed by atoms with Gasteiger partial charge in [-0.1, -0.05) is 66.2 Å². The highest BCUT2D eigenvalue weighted by atomic mass is 35.5. The Kier molecular flexibility index (Phi) is 6.61. The molecule has 0 aliphatic heterocycles. The molecule has 0 unspecified atom stereocenters. The number of alkyl carbamates (subject to hydrolysis) is 1. The van der Waals surface area contributed by atoms with Crippen LogP contribution in [0.25, 0.3) is 0 Å². The smallest absolute Gasteiger partial charge is 0.407 e. The molecule has 0 saturated heterocycles. The summed E-state index contributed by atoms with van der Waals surface area (Å²) in [7, 11) is 0. The molecule has 7 heteroatoms. The van der Waals surface area contributed by atoms with Crippen LogP contribution in [-0.4, -0.2) is 36.4 Å². The Morgan fingerprint density at radius 2 is 1.66 bits per heavy atom. The second kappa shape index (κ2) is 9.75. The van der Waals surface area contributed by atoms with Crippen LogP contribution in [0.3, 0.4) is 0 Å². The molecule has 3 aromatic rings. The normalized spacial score (nSPS) is 13.4. The largest absolute Gasteiger partial charge is 0.491 e. The van der Waals surface area contributed by atoms with Crippen molar-refractivity contribution >= 4 is 23.7 Å². The summed E-state index contributed by atoms with van der Waals surface area (Å²) >= 11 is 5.91. The van der Waals surface area contributed by atoms with Gasteiger partial charge in [-0.25, -0.2) is 9.59 Å². The number of carbonyl (C=O) groups excluding carboxylic acids is 1. The molecule has 1 atom stereocenters. The monoisotopic (exact) mass is 451 g/mol. The number of carboxylic acid groups (broad SMARTS) is 1. The Morgan fingerprint density at radius 1 is 1.00 bits per heavy atom. The number of benzene rings is 3. The van der Waals surface area contributed by atoms with Gasteiger partial charge in [0, 0.05) is 10.9 Å². The molecule has 0 saturated carbocycles. The van der Waals surface area contributed by atoms with Crippen LogP contribution in [0.1, 0.15) is 28.2 Å². The predicted molar refractivity (Wildman–Crippen MR) is 120 cm³/mol. The molecule has 6 nitrogen and oxygen atoms in total. The van der Waals surface area contributed by atoms with Gasteiger partial charge in [0.15, 0.2) is 6.04 Å². The molecule has 164 valence electrons. The van der Waals surface area contributed by atoms with E-state index < -0.39 is 18.1 Å². The van der Waals surface area contributed by atoms with E-state index in [1.54, 1.807) is 24.3 Å². The molecule has 2 N–H and O–H groups in total. The number of fused-ring (bicyclic) bond motifs is 2. The number of hydrogen-bond acceptors (Lipinski definition) is 4. The van der Waals surface area contributed by atoms with Gasteiger partial charge in [-0.05, 0) is 46.9 Å². The zero-order chi connectivity index (χ0) is 22.5. The summed E-state index contributed by atoms with van der Waals surface area (Å²) in [5, 5.41) is 12.3. The summed E-state index contributed by atoms with van der Waals surface area (Å²) in [6.07, 6.45) is 0.0180. The predicted octanol–water partition coefficient (Wildman–Crippen LogP) is 4.63. The average molecular weight is 452 g/mol. The number of halogens is 1. The number of rotatable bonds is 7. The molecular formula is C25H22ClNO5. The quantitative estimate of drug-likeness (QED) is 0.547. The molecular weight excluding hydrogens is 430 g/mol. The molecule has 1 amide bonds. The number of nitrogens with one attached hydrogen (secondary N) is 1. The van der Waals surface area contributed by atoms with Crippen molar-refractivity contribution in [1.82, 2.24) is 5.32 Å². The van der Waals surface area contributed by atoms with Crippen LogP contribution in [0, 0.1) is 0 Å². The van der Waals surface area contributed by atoms with Crippen LogP contribution in [0.4, 0.5) is 4.79 Å². The van der Waals surface area contributed by atoms with Crippen LogP contribution in [0.2, 0.25) is 5.02 Å². The number of ether oxygens (including phenoxy) is 2. The van der Waals surface area contributed by atoms with Gasteiger partial charge < -0.3 is 19.9 Å². The third kappa shape index (κ3) is 5.03. The highest BCUT2D eigenvalue weighted by Crippen LogP contribution is 2.36. The first kappa shape index (κ1) is 21.7. The third-order valence-corrected chi connectivity index (χ3v) is 5.66. The molecule has 0 fully saturated rings. The van der Waals surface area contributed by atoms with E-state index in [9.17, 15) is 14.7 Å². The van der Waals surface area contributed by atoms with Crippen LogP contribution < -0.4 is 10.1 Å². The first-order valence-electron chi connectivity index (χ1n) is 10.2. The summed E-state index contributed by atoms with van der Waals surface area (Å²) in [5.74, 6) is -0.931. The van der Waals surface area contributed by atoms with Crippen molar-refractivity contribution < 1.29 is 24.2 Å². The molecule has 0 radical (unpaired) electrons. The molecule has 0 heterocycles. The first-order valence-corrected chi connectivity index (χ1v) is 10.6. The van der Waals surface area contributed by atoms with E-state index in [-0.39, 0.29) is 19.1 Å². The Hall–Kier alpha value is -3.51. The highest BCUT2D eigenvalue weighted by molar-refractivity contribution is 6.30. The highest BCUT2D eigenvalue weighted by Gasteiger charge is 2.27. The summed E-state index contributed by atoms with van der Waals surface area (Å²) in [5.41, 5.74) is 4.60. The zero-order valence-corrected chi connectivity index (χ0v) is 17.9. The fourth-order valence-corrected chi connectivity index (χ4v) is 4.06. The Balaban J connectivity index is 1.40. The fraction of sp³-hybridized carbons (Fsp3) is 0.200. The number of hydrogen-bond donors (Lipinski definition) is 2. The topological polar surface area (TPSA) is 84.9 Å². The second-order valence-electron chi connectivity index (χ2n) is 7.53. The Labute approximate surface area is 190 Å². The number of carboxylic acids is 1. The maximum atomic E-state index is 12.4. The maximum Gasteiger partial charge on any atom is 0.407 e. The van der Waals surface area contributed by atoms with E-state index in [0.717, 1.165) is 17.5 Å². The first-order chi connectivity index (χ1) is 15.5. The maximum absolute atomic E-state index is 12.4. The average Bonchev–Trinajstić information content (AvgIpc) is 2.79. The van der Waals surface area contributed by atoms with E-state index in [2.05, 4.69) is 17.4 Å². The van der Waals surface area contributed by atoms with E-state index >= 15 is 0 Å². The number of carbonyl (C=O) groups is 2. The van der Waals surface area contributed by atoms with Crippen LogP contribution in [-0.2, 0) is 16.0 Å². The van der Waals surface area contributed by atoms with Gasteiger partial charge in [0.2, 0.25) is 0 Å². The van der Waals surface area contributed by atoms with Crippen molar-refractivity contribution in [3.63, 3.8) is 0 Å². The SMILES string of the molecule is O=C(N[C@@H](COc1cccc(Cl)c1)C(=O)O)OCC1c2ccccc2Cc2ccccc21. The Bertz CT molecular complexity index is 1090. The lowest BCUT2D eigenvalue weighted by Crippen LogP contribution is -2.45. The molecule has 1 aliphatic carbocycles. The van der Waals surface area contributed by atoms with Crippen molar-refractivity contribution in [3.05, 3.63) is 100 Å². The van der Waals surface area contributed by atoms with Crippen molar-refractivity contribution in [2.45, 2.75) is 18.4 Å². The molecule has 0 spiro atoms. The van der Waals surface area contributed by atoms with Crippen molar-refractivity contribution in [2.75, 3.05) is 13.2 Å². The van der Waals surface area contributed by atoms with Gasteiger partial charge in [0.05, 0.1) is 0 Å². The van der Waals surface area contributed by atoms with E-state index in [1.807, 2.05) is 36.4 Å². The molecule has 0 aromatic heterocycles. The third-order valence-electron chi connectivity index (χ3n) is 5.43. The van der Waals surface area contributed by atoms with Crippen molar-refractivity contribution in [2.24, 2.45) is 0 Å².